The van der Waals surface area contributed by atoms with Gasteiger partial charge in [0.25, 0.3) is 0 Å². The first-order chi connectivity index (χ1) is 14.4. The molecule has 0 spiro atoms. The van der Waals surface area contributed by atoms with Gasteiger partial charge in [-0.3, -0.25) is 0 Å². The van der Waals surface area contributed by atoms with Gasteiger partial charge in [-0.2, -0.15) is 0 Å². The number of rotatable bonds is 2. The molecule has 1 aliphatic rings. The fourth-order valence-electron chi connectivity index (χ4n) is 4.80. The maximum atomic E-state index is 6.93. The van der Waals surface area contributed by atoms with Crippen LogP contribution in [0.25, 0.3) is 16.8 Å². The van der Waals surface area contributed by atoms with Crippen LogP contribution in [0.5, 0.6) is 5.75 Å². The van der Waals surface area contributed by atoms with Crippen molar-refractivity contribution in [3.05, 3.63) is 118 Å². The minimum atomic E-state index is -0.650. The number of fused-ring (bicyclic) bond motifs is 3. The summed E-state index contributed by atoms with van der Waals surface area (Å²) in [6.07, 6.45) is 4.49. The Morgan fingerprint density at radius 1 is 0.633 bits per heavy atom. The van der Waals surface area contributed by atoms with Crippen LogP contribution in [-0.4, -0.2) is 0 Å². The first-order valence-corrected chi connectivity index (χ1v) is 10.5. The molecule has 4 aromatic carbocycles. The Morgan fingerprint density at radius 2 is 1.20 bits per heavy atom. The number of hydrogen-bond acceptors (Lipinski definition) is 1. The lowest BCUT2D eigenvalue weighted by Crippen LogP contribution is -2.34. The average Bonchev–Trinajstić information content (AvgIpc) is 2.71. The van der Waals surface area contributed by atoms with Crippen molar-refractivity contribution in [2.24, 2.45) is 0 Å². The quantitative estimate of drug-likeness (QED) is 0.346. The van der Waals surface area contributed by atoms with Crippen molar-refractivity contribution in [3.63, 3.8) is 0 Å². The summed E-state index contributed by atoms with van der Waals surface area (Å²) in [6, 6.07) is 26.2. The van der Waals surface area contributed by atoms with Gasteiger partial charge in [0.1, 0.15) is 5.75 Å². The minimum Gasteiger partial charge on any atom is -0.473 e. The molecule has 0 radical (unpaired) electrons. The number of aryl methyl sites for hydroxylation is 4. The highest BCUT2D eigenvalue weighted by molar-refractivity contribution is 5.94. The molecule has 0 amide bonds. The summed E-state index contributed by atoms with van der Waals surface area (Å²) < 4.78 is 6.93. The highest BCUT2D eigenvalue weighted by atomic mass is 16.5. The second-order valence-electron chi connectivity index (χ2n) is 8.62. The molecule has 1 heterocycles. The van der Waals surface area contributed by atoms with E-state index in [1.165, 1.54) is 44.2 Å². The van der Waals surface area contributed by atoms with Gasteiger partial charge >= 0.3 is 0 Å². The fourth-order valence-corrected chi connectivity index (χ4v) is 4.80. The van der Waals surface area contributed by atoms with Crippen LogP contribution in [-0.2, 0) is 5.60 Å². The molecule has 0 bridgehead atoms. The van der Waals surface area contributed by atoms with Crippen LogP contribution >= 0.6 is 0 Å². The largest absolute Gasteiger partial charge is 0.473 e. The number of hydrogen-bond donors (Lipinski definition) is 0. The maximum Gasteiger partial charge on any atom is 0.178 e. The molecule has 0 unspecified atom stereocenters. The Hall–Kier alpha value is -3.32. The van der Waals surface area contributed by atoms with E-state index in [1.54, 1.807) is 0 Å². The predicted molar refractivity (Wildman–Crippen MR) is 126 cm³/mol. The van der Waals surface area contributed by atoms with E-state index >= 15 is 0 Å². The Bertz CT molecular complexity index is 1220. The third-order valence-corrected chi connectivity index (χ3v) is 5.99. The lowest BCUT2D eigenvalue weighted by Gasteiger charge is -2.37. The summed E-state index contributed by atoms with van der Waals surface area (Å²) in [6.45, 7) is 8.61. The van der Waals surface area contributed by atoms with Crippen LogP contribution in [0.4, 0.5) is 0 Å². The number of ether oxygens (including phenoxy) is 1. The molecule has 5 rings (SSSR count). The molecular weight excluding hydrogens is 364 g/mol. The van der Waals surface area contributed by atoms with Gasteiger partial charge in [-0.25, -0.2) is 0 Å². The van der Waals surface area contributed by atoms with Crippen molar-refractivity contribution in [2.75, 3.05) is 0 Å². The molecule has 0 aliphatic carbocycles. The van der Waals surface area contributed by atoms with Gasteiger partial charge in [-0.05, 0) is 56.7 Å². The first kappa shape index (κ1) is 18.7. The van der Waals surface area contributed by atoms with Crippen LogP contribution in [0, 0.1) is 27.7 Å². The molecule has 0 atom stereocenters. The van der Waals surface area contributed by atoms with Crippen molar-refractivity contribution in [1.29, 1.82) is 0 Å². The monoisotopic (exact) mass is 390 g/mol. The van der Waals surface area contributed by atoms with Gasteiger partial charge in [0.2, 0.25) is 0 Å². The highest BCUT2D eigenvalue weighted by Crippen LogP contribution is 2.44. The van der Waals surface area contributed by atoms with Gasteiger partial charge in [-0.1, -0.05) is 89.0 Å². The summed E-state index contributed by atoms with van der Waals surface area (Å²) in [4.78, 5) is 0. The molecule has 1 aliphatic heterocycles. The van der Waals surface area contributed by atoms with Crippen molar-refractivity contribution >= 4 is 16.8 Å². The molecule has 1 nitrogen and oxygen atoms in total. The van der Waals surface area contributed by atoms with Crippen LogP contribution in [0.2, 0.25) is 0 Å². The van der Waals surface area contributed by atoms with E-state index in [2.05, 4.69) is 113 Å². The van der Waals surface area contributed by atoms with E-state index in [4.69, 9.17) is 4.74 Å². The zero-order valence-corrected chi connectivity index (χ0v) is 18.0. The number of benzene rings is 4. The smallest absolute Gasteiger partial charge is 0.178 e. The van der Waals surface area contributed by atoms with Crippen molar-refractivity contribution in [3.8, 4) is 5.75 Å². The van der Waals surface area contributed by atoms with Gasteiger partial charge in [0, 0.05) is 16.7 Å². The zero-order valence-electron chi connectivity index (χ0n) is 18.0. The predicted octanol–water partition coefficient (Wildman–Crippen LogP) is 7.42. The molecule has 30 heavy (non-hydrogen) atoms. The van der Waals surface area contributed by atoms with Gasteiger partial charge in [0.05, 0.1) is 0 Å². The van der Waals surface area contributed by atoms with E-state index in [0.29, 0.717) is 0 Å². The summed E-state index contributed by atoms with van der Waals surface area (Å²) in [7, 11) is 0. The normalized spacial score (nSPS) is 14.4. The van der Waals surface area contributed by atoms with E-state index in [1.807, 2.05) is 0 Å². The van der Waals surface area contributed by atoms with Crippen LogP contribution in [0.3, 0.4) is 0 Å². The molecule has 0 aromatic heterocycles. The summed E-state index contributed by atoms with van der Waals surface area (Å²) >= 11 is 0. The summed E-state index contributed by atoms with van der Waals surface area (Å²) in [5.74, 6) is 0.925. The Labute approximate surface area is 178 Å². The Kier molecular flexibility index (Phi) is 4.29. The second-order valence-corrected chi connectivity index (χ2v) is 8.62. The molecule has 0 fully saturated rings. The third kappa shape index (κ3) is 3.02. The summed E-state index contributed by atoms with van der Waals surface area (Å²) in [5, 5.41) is 2.45. The molecule has 1 heteroatoms. The Balaban J connectivity index is 1.79. The van der Waals surface area contributed by atoms with Gasteiger partial charge in [0.15, 0.2) is 5.60 Å². The summed E-state index contributed by atoms with van der Waals surface area (Å²) in [5.41, 5.74) is 7.82. The van der Waals surface area contributed by atoms with Crippen molar-refractivity contribution < 1.29 is 4.74 Å². The standard InChI is InChI=1S/C29H26O/c1-19-13-20(2)16-24(15-19)29(25-17-21(3)14-22(4)18-25)12-11-27-26-8-6-5-7-23(26)9-10-28(27)30-29/h5-18H,1-4H3. The lowest BCUT2D eigenvalue weighted by atomic mass is 9.81. The third-order valence-electron chi connectivity index (χ3n) is 5.99. The molecule has 0 saturated carbocycles. The average molecular weight is 391 g/mol. The maximum absolute atomic E-state index is 6.93. The first-order valence-electron chi connectivity index (χ1n) is 10.5. The molecule has 0 N–H and O–H groups in total. The van der Waals surface area contributed by atoms with Gasteiger partial charge in [-0.15, -0.1) is 0 Å². The van der Waals surface area contributed by atoms with E-state index in [0.717, 1.165) is 11.3 Å². The van der Waals surface area contributed by atoms with Crippen LogP contribution in [0.15, 0.2) is 78.9 Å². The van der Waals surface area contributed by atoms with Crippen LogP contribution < -0.4 is 4.74 Å². The molecular formula is C29H26O. The van der Waals surface area contributed by atoms with E-state index in [-0.39, 0.29) is 0 Å². The van der Waals surface area contributed by atoms with Crippen LogP contribution in [0.1, 0.15) is 38.9 Å². The fraction of sp³-hybridized carbons (Fsp3) is 0.172. The second kappa shape index (κ2) is 6.88. The zero-order chi connectivity index (χ0) is 20.9. The molecule has 0 saturated heterocycles. The Morgan fingerprint density at radius 3 is 1.80 bits per heavy atom. The van der Waals surface area contributed by atoms with Crippen molar-refractivity contribution in [2.45, 2.75) is 33.3 Å². The highest BCUT2D eigenvalue weighted by Gasteiger charge is 2.38. The van der Waals surface area contributed by atoms with E-state index < -0.39 is 5.60 Å². The lowest BCUT2D eigenvalue weighted by molar-refractivity contribution is 0.161. The van der Waals surface area contributed by atoms with E-state index in [9.17, 15) is 0 Å². The van der Waals surface area contributed by atoms with Crippen molar-refractivity contribution in [1.82, 2.24) is 0 Å². The SMILES string of the molecule is Cc1cc(C)cc(C2(c3cc(C)cc(C)c3)C=Cc3c(ccc4ccccc34)O2)c1. The minimum absolute atomic E-state index is 0.650. The molecule has 148 valence electrons. The topological polar surface area (TPSA) is 9.23 Å². The van der Waals surface area contributed by atoms with Gasteiger partial charge < -0.3 is 4.74 Å². The molecule has 4 aromatic rings.